The van der Waals surface area contributed by atoms with Crippen LogP contribution in [0.4, 0.5) is 0 Å². The lowest BCUT2D eigenvalue weighted by molar-refractivity contribution is -0.139. The van der Waals surface area contributed by atoms with Crippen LogP contribution in [0.1, 0.15) is 96.5 Å². The average molecular weight is 1100 g/mol. The number of guanidine groups is 1. The van der Waals surface area contributed by atoms with Gasteiger partial charge in [0.05, 0.1) is 19.5 Å². The van der Waals surface area contributed by atoms with Gasteiger partial charge < -0.3 is 75.8 Å². The fourth-order valence-corrected chi connectivity index (χ4v) is 12.1. The van der Waals surface area contributed by atoms with Crippen LogP contribution in [0.15, 0.2) is 35.5 Å². The van der Waals surface area contributed by atoms with Gasteiger partial charge in [0.15, 0.2) is 5.96 Å². The molecule has 18 N–H and O–H groups in total. The van der Waals surface area contributed by atoms with Crippen molar-refractivity contribution in [2.45, 2.75) is 138 Å². The van der Waals surface area contributed by atoms with Gasteiger partial charge in [0.1, 0.15) is 36.3 Å². The quantitative estimate of drug-likeness (QED) is 0.0280. The summed E-state index contributed by atoms with van der Waals surface area (Å²) in [6.45, 7) is 2.40. The average Bonchev–Trinajstić information content (AvgIpc) is 3.77. The predicted molar refractivity (Wildman–Crippen MR) is 286 cm³/mol. The SMILES string of the molecule is CC[C@H](C)[C@@H]1NC(=O)[C@@H](Cc2c[nH]c3ccccc23)NC(=O)CC2(CCCCC2)SSC[C@@H](C(=O)N(C)CC(=O)N[C@@H](CCCN=C(N)N)C(=O)NCC(N)=O)NC(=O)[C@H](CC(N)=O)NC(=O)[C@H](CCC(N)=O)NC1=O. The molecular weight excluding hydrogens is 1030 g/mol. The van der Waals surface area contributed by atoms with Crippen molar-refractivity contribution in [2.24, 2.45) is 39.6 Å². The Hall–Kier alpha value is -7.10. The third kappa shape index (κ3) is 19.6. The fraction of sp³-hybridized carbons (Fsp3) is 0.583. The van der Waals surface area contributed by atoms with Crippen molar-refractivity contribution < 1.29 is 52.7 Å². The minimum atomic E-state index is -1.76. The summed E-state index contributed by atoms with van der Waals surface area (Å²) < 4.78 is -0.730. The molecule has 0 unspecified atom stereocenters. The molecule has 1 saturated heterocycles. The Morgan fingerprint density at radius 1 is 0.829 bits per heavy atom. The highest BCUT2D eigenvalue weighted by atomic mass is 33.1. The second kappa shape index (κ2) is 29.8. The molecule has 1 spiro atoms. The maximum atomic E-state index is 14.6. The lowest BCUT2D eigenvalue weighted by atomic mass is 9.85. The van der Waals surface area contributed by atoms with Crippen LogP contribution in [-0.4, -0.2) is 154 Å². The first kappa shape index (κ1) is 61.4. The van der Waals surface area contributed by atoms with Gasteiger partial charge in [-0.3, -0.25) is 57.7 Å². The molecule has 2 fully saturated rings. The first-order chi connectivity index (χ1) is 36.0. The minimum absolute atomic E-state index is 0.00746. The second-order valence-corrected chi connectivity index (χ2v) is 22.0. The van der Waals surface area contributed by atoms with Crippen LogP contribution < -0.4 is 65.9 Å². The van der Waals surface area contributed by atoms with Crippen LogP contribution >= 0.6 is 21.6 Å². The molecule has 4 rings (SSSR count). The Morgan fingerprint density at radius 3 is 2.16 bits per heavy atom. The predicted octanol–water partition coefficient (Wildman–Crippen LogP) is -2.59. The van der Waals surface area contributed by atoms with Gasteiger partial charge in [-0.15, -0.1) is 0 Å². The first-order valence-electron chi connectivity index (χ1n) is 25.1. The number of carbonyl (C=O) groups is 11. The molecule has 2 aromatic rings. The monoisotopic (exact) mass is 1100 g/mol. The molecule has 28 heteroatoms. The summed E-state index contributed by atoms with van der Waals surface area (Å²) in [6.07, 6.45) is 4.25. The molecule has 1 aliphatic heterocycles. The van der Waals surface area contributed by atoms with E-state index in [0.717, 1.165) is 45.9 Å². The molecule has 2 heterocycles. The van der Waals surface area contributed by atoms with Crippen molar-refractivity contribution in [3.05, 3.63) is 36.0 Å². The molecular formula is C48H73N15O11S2. The summed E-state index contributed by atoms with van der Waals surface area (Å²) >= 11 is 0. The third-order valence-electron chi connectivity index (χ3n) is 13.0. The van der Waals surface area contributed by atoms with Crippen LogP contribution in [0, 0.1) is 5.92 Å². The van der Waals surface area contributed by atoms with Gasteiger partial charge in [-0.2, -0.15) is 0 Å². The maximum Gasteiger partial charge on any atom is 0.246 e. The van der Waals surface area contributed by atoms with E-state index in [9.17, 15) is 52.7 Å². The number of nitrogens with one attached hydrogen (secondary N) is 8. The van der Waals surface area contributed by atoms with Gasteiger partial charge in [-0.1, -0.05) is 79.3 Å². The molecule has 76 heavy (non-hydrogen) atoms. The molecule has 7 atom stereocenters. The van der Waals surface area contributed by atoms with Gasteiger partial charge >= 0.3 is 0 Å². The number of benzene rings is 1. The van der Waals surface area contributed by atoms with E-state index < -0.39 is 138 Å². The van der Waals surface area contributed by atoms with Crippen LogP contribution in [0.25, 0.3) is 10.9 Å². The normalized spacial score (nSPS) is 21.7. The number of nitrogens with zero attached hydrogens (tertiary/aromatic N) is 2. The number of likely N-dealkylation sites (N-methyl/N-ethyl adjacent to an activating group) is 1. The van der Waals surface area contributed by atoms with E-state index in [1.54, 1.807) is 20.0 Å². The number of hydrogen-bond donors (Lipinski definition) is 13. The summed E-state index contributed by atoms with van der Waals surface area (Å²) in [4.78, 5) is 157. The van der Waals surface area contributed by atoms with E-state index in [-0.39, 0.29) is 50.4 Å². The zero-order valence-electron chi connectivity index (χ0n) is 43.0. The number of amides is 11. The van der Waals surface area contributed by atoms with E-state index in [2.05, 4.69) is 47.2 Å². The highest BCUT2D eigenvalue weighted by molar-refractivity contribution is 8.77. The molecule has 1 aromatic carbocycles. The zero-order chi connectivity index (χ0) is 56.1. The number of para-hydroxylation sites is 1. The zero-order valence-corrected chi connectivity index (χ0v) is 44.7. The minimum Gasteiger partial charge on any atom is -0.370 e. The molecule has 1 aliphatic carbocycles. The van der Waals surface area contributed by atoms with Crippen LogP contribution in [-0.2, 0) is 59.2 Å². The maximum absolute atomic E-state index is 14.6. The molecule has 0 bridgehead atoms. The standard InChI is InChI=1S/C48H73N15O11S2/c1-4-26(2)40-45(73)59-31(14-15-35(49)64)42(70)60-33(20-36(50)65)43(71)61-34(46(74)63(3)24-39(68)57-30(13-10-18-54-47(52)53)41(69)56-23-37(51)66)25-75-76-48(16-8-5-9-17-48)21-38(67)58-32(44(72)62-40)19-27-22-55-29-12-7-6-11-28(27)29/h6-7,11-12,22,26,30-34,40,55H,4-5,8-10,13-21,23-25H2,1-3H3,(H2,49,64)(H2,50,65)(H2,51,66)(H,56,69)(H,57,68)(H,58,67)(H,59,73)(H,60,70)(H,61,71)(H,62,72)(H4,52,53,54)/t26-,30-,31-,32+,33-,34-,40-/m0/s1. The number of hydrogen-bond acceptors (Lipinski definition) is 14. The Kier molecular flexibility index (Phi) is 24.1. The first-order valence-corrected chi connectivity index (χ1v) is 27.4. The topological polar surface area (TPSA) is 433 Å². The number of nitrogens with two attached hydrogens (primary N) is 5. The molecule has 2 aliphatic rings. The highest BCUT2D eigenvalue weighted by Gasteiger charge is 2.40. The number of fused-ring (bicyclic) bond motifs is 1. The summed E-state index contributed by atoms with van der Waals surface area (Å²) in [7, 11) is 3.75. The van der Waals surface area contributed by atoms with E-state index in [0.29, 0.717) is 24.8 Å². The lowest BCUT2D eigenvalue weighted by Gasteiger charge is -2.36. The lowest BCUT2D eigenvalue weighted by Crippen LogP contribution is -2.61. The van der Waals surface area contributed by atoms with Crippen molar-refractivity contribution in [3.63, 3.8) is 0 Å². The molecule has 1 aromatic heterocycles. The molecule has 11 amide bonds. The second-order valence-electron chi connectivity index (χ2n) is 19.2. The van der Waals surface area contributed by atoms with Crippen molar-refractivity contribution in [2.75, 3.05) is 32.4 Å². The smallest absolute Gasteiger partial charge is 0.246 e. The van der Waals surface area contributed by atoms with Crippen molar-refractivity contribution in [1.82, 2.24) is 47.1 Å². The Balaban J connectivity index is 1.74. The van der Waals surface area contributed by atoms with Gasteiger partial charge in [-0.05, 0) is 49.7 Å². The fourth-order valence-electron chi connectivity index (χ4n) is 8.75. The number of primary amides is 3. The molecule has 1 saturated carbocycles. The summed E-state index contributed by atoms with van der Waals surface area (Å²) in [5.41, 5.74) is 28.5. The van der Waals surface area contributed by atoms with Crippen LogP contribution in [0.5, 0.6) is 0 Å². The summed E-state index contributed by atoms with van der Waals surface area (Å²) in [5, 5.41) is 19.1. The van der Waals surface area contributed by atoms with E-state index in [4.69, 9.17) is 28.7 Å². The van der Waals surface area contributed by atoms with E-state index >= 15 is 0 Å². The van der Waals surface area contributed by atoms with E-state index in [1.165, 1.54) is 17.8 Å². The number of rotatable bonds is 20. The van der Waals surface area contributed by atoms with Crippen molar-refractivity contribution >= 4 is 103 Å². The van der Waals surface area contributed by atoms with E-state index in [1.807, 2.05) is 24.3 Å². The largest absolute Gasteiger partial charge is 0.370 e. The highest BCUT2D eigenvalue weighted by Crippen LogP contribution is 2.48. The van der Waals surface area contributed by atoms with Gasteiger partial charge in [0.25, 0.3) is 0 Å². The number of aromatic amines is 1. The molecule has 0 radical (unpaired) electrons. The van der Waals surface area contributed by atoms with Crippen molar-refractivity contribution in [3.8, 4) is 0 Å². The summed E-state index contributed by atoms with van der Waals surface area (Å²) in [6, 6.07) is -1.09. The molecule has 26 nitrogen and oxygen atoms in total. The number of H-pyrrole nitrogens is 1. The number of aliphatic imine (C=N–C) groups is 1. The molecule has 418 valence electrons. The van der Waals surface area contributed by atoms with Crippen molar-refractivity contribution in [1.29, 1.82) is 0 Å². The van der Waals surface area contributed by atoms with Crippen LogP contribution in [0.2, 0.25) is 0 Å². The van der Waals surface area contributed by atoms with Gasteiger partial charge in [0, 0.05) is 60.5 Å². The Labute approximate surface area is 448 Å². The van der Waals surface area contributed by atoms with Crippen LogP contribution in [0.3, 0.4) is 0 Å². The summed E-state index contributed by atoms with van der Waals surface area (Å²) in [5.74, 6) is -10.1. The third-order valence-corrected chi connectivity index (χ3v) is 16.3. The van der Waals surface area contributed by atoms with Gasteiger partial charge in [0.2, 0.25) is 65.0 Å². The number of carbonyl (C=O) groups excluding carboxylic acids is 11. The Morgan fingerprint density at radius 2 is 1.50 bits per heavy atom. The van der Waals surface area contributed by atoms with Gasteiger partial charge in [-0.25, -0.2) is 0 Å². The number of aromatic nitrogens is 1. The Bertz CT molecular complexity index is 2460.